The van der Waals surface area contributed by atoms with Gasteiger partial charge in [0.15, 0.2) is 0 Å². The first-order valence-electron chi connectivity index (χ1n) is 8.82. The smallest absolute Gasteiger partial charge is 0.254 e. The summed E-state index contributed by atoms with van der Waals surface area (Å²) in [5.74, 6) is -0.286. The summed E-state index contributed by atoms with van der Waals surface area (Å²) in [6.45, 7) is 0. The Bertz CT molecular complexity index is 909. The number of imide groups is 1. The first-order chi connectivity index (χ1) is 12.2. The molecule has 4 heteroatoms. The number of carbonyl (C=O) groups is 2. The highest BCUT2D eigenvalue weighted by Crippen LogP contribution is 2.49. The third-order valence-corrected chi connectivity index (χ3v) is 5.87. The largest absolute Gasteiger partial charge is 0.272 e. The highest BCUT2D eigenvalue weighted by molar-refractivity contribution is 6.07. The number of allylic oxidation sites excluding steroid dienone is 2. The Labute approximate surface area is 145 Å². The molecule has 2 amide bonds. The fraction of sp³-hybridized carbons (Fsp3) is 0.286. The summed E-state index contributed by atoms with van der Waals surface area (Å²) in [5.41, 5.74) is 0.912. The Balaban J connectivity index is 1.49. The minimum Gasteiger partial charge on any atom is -0.272 e. The Morgan fingerprint density at radius 2 is 1.52 bits per heavy atom. The van der Waals surface area contributed by atoms with Crippen molar-refractivity contribution < 1.29 is 9.59 Å². The zero-order valence-corrected chi connectivity index (χ0v) is 13.7. The van der Waals surface area contributed by atoms with Gasteiger partial charge in [-0.2, -0.15) is 10.1 Å². The first-order valence-corrected chi connectivity index (χ1v) is 8.82. The van der Waals surface area contributed by atoms with Gasteiger partial charge in [-0.25, -0.2) is 0 Å². The van der Waals surface area contributed by atoms with E-state index in [0.717, 1.165) is 34.2 Å². The van der Waals surface area contributed by atoms with Gasteiger partial charge < -0.3 is 0 Å². The molecule has 25 heavy (non-hydrogen) atoms. The Hall–Kier alpha value is -2.75. The van der Waals surface area contributed by atoms with E-state index in [1.54, 1.807) is 6.21 Å². The van der Waals surface area contributed by atoms with Crippen LogP contribution in [0.25, 0.3) is 10.8 Å². The van der Waals surface area contributed by atoms with E-state index in [4.69, 9.17) is 0 Å². The van der Waals surface area contributed by atoms with Crippen molar-refractivity contribution in [1.82, 2.24) is 5.01 Å². The van der Waals surface area contributed by atoms with Crippen molar-refractivity contribution in [3.05, 3.63) is 60.2 Å². The molecule has 1 aliphatic heterocycles. The lowest BCUT2D eigenvalue weighted by atomic mass is 9.63. The third kappa shape index (κ3) is 2.10. The van der Waals surface area contributed by atoms with Crippen LogP contribution in [0.1, 0.15) is 18.4 Å². The second-order valence-electron chi connectivity index (χ2n) is 7.14. The van der Waals surface area contributed by atoms with Crippen LogP contribution in [0.5, 0.6) is 0 Å². The summed E-state index contributed by atoms with van der Waals surface area (Å²) in [6, 6.07) is 14.0. The molecule has 0 aromatic heterocycles. The zero-order valence-electron chi connectivity index (χ0n) is 13.7. The van der Waals surface area contributed by atoms with Crippen molar-refractivity contribution in [2.45, 2.75) is 12.8 Å². The van der Waals surface area contributed by atoms with Crippen molar-refractivity contribution in [3.63, 3.8) is 0 Å². The summed E-state index contributed by atoms with van der Waals surface area (Å²) in [4.78, 5) is 25.6. The summed E-state index contributed by atoms with van der Waals surface area (Å²) < 4.78 is 0. The molecule has 0 spiro atoms. The number of nitrogens with zero attached hydrogens (tertiary/aromatic N) is 2. The lowest BCUT2D eigenvalue weighted by Crippen LogP contribution is -2.38. The van der Waals surface area contributed by atoms with Gasteiger partial charge in [-0.05, 0) is 35.4 Å². The average Bonchev–Trinajstić information content (AvgIpc) is 2.94. The highest BCUT2D eigenvalue weighted by Gasteiger charge is 2.56. The molecule has 0 unspecified atom stereocenters. The van der Waals surface area contributed by atoms with Gasteiger partial charge in [0.05, 0.1) is 18.1 Å². The maximum atomic E-state index is 12.8. The summed E-state index contributed by atoms with van der Waals surface area (Å²) >= 11 is 0. The number of amides is 2. The van der Waals surface area contributed by atoms with Gasteiger partial charge in [0.2, 0.25) is 0 Å². The van der Waals surface area contributed by atoms with Crippen molar-refractivity contribution in [2.75, 3.05) is 0 Å². The van der Waals surface area contributed by atoms with E-state index >= 15 is 0 Å². The lowest BCUT2D eigenvalue weighted by Gasteiger charge is -2.37. The van der Waals surface area contributed by atoms with Gasteiger partial charge in [0.1, 0.15) is 0 Å². The van der Waals surface area contributed by atoms with Gasteiger partial charge in [-0.3, -0.25) is 9.59 Å². The summed E-state index contributed by atoms with van der Waals surface area (Å²) in [5, 5.41) is 7.60. The second-order valence-corrected chi connectivity index (χ2v) is 7.14. The monoisotopic (exact) mass is 330 g/mol. The molecule has 0 radical (unpaired) electrons. The molecule has 1 saturated heterocycles. The zero-order chi connectivity index (χ0) is 17.0. The van der Waals surface area contributed by atoms with E-state index in [2.05, 4.69) is 17.3 Å². The van der Waals surface area contributed by atoms with Crippen molar-refractivity contribution in [1.29, 1.82) is 0 Å². The van der Waals surface area contributed by atoms with Crippen LogP contribution < -0.4 is 0 Å². The lowest BCUT2D eigenvalue weighted by molar-refractivity contribution is -0.140. The van der Waals surface area contributed by atoms with Gasteiger partial charge in [0.25, 0.3) is 11.8 Å². The maximum absolute atomic E-state index is 12.8. The third-order valence-electron chi connectivity index (χ3n) is 5.87. The van der Waals surface area contributed by atoms with Gasteiger partial charge in [-0.15, -0.1) is 0 Å². The van der Waals surface area contributed by atoms with Crippen LogP contribution in [0.4, 0.5) is 0 Å². The van der Waals surface area contributed by atoms with Gasteiger partial charge in [-0.1, -0.05) is 54.6 Å². The molecule has 2 fully saturated rings. The number of benzene rings is 2. The number of hydrazone groups is 1. The van der Waals surface area contributed by atoms with Crippen LogP contribution in [0, 0.1) is 23.7 Å². The predicted molar refractivity (Wildman–Crippen MR) is 95.7 cm³/mol. The van der Waals surface area contributed by atoms with Crippen LogP contribution in [0.3, 0.4) is 0 Å². The van der Waals surface area contributed by atoms with E-state index in [1.165, 1.54) is 0 Å². The molecule has 4 nitrogen and oxygen atoms in total. The normalized spacial score (nSPS) is 30.6. The molecule has 2 bridgehead atoms. The van der Waals surface area contributed by atoms with Crippen LogP contribution in [-0.4, -0.2) is 23.0 Å². The van der Waals surface area contributed by atoms with E-state index < -0.39 is 0 Å². The van der Waals surface area contributed by atoms with Crippen LogP contribution in [-0.2, 0) is 9.59 Å². The second kappa shape index (κ2) is 5.38. The Morgan fingerprint density at radius 1 is 0.880 bits per heavy atom. The van der Waals surface area contributed by atoms with Crippen molar-refractivity contribution in [3.8, 4) is 0 Å². The maximum Gasteiger partial charge on any atom is 0.254 e. The van der Waals surface area contributed by atoms with Crippen molar-refractivity contribution in [2.24, 2.45) is 28.8 Å². The molecule has 2 aromatic carbocycles. The number of rotatable bonds is 2. The summed E-state index contributed by atoms with van der Waals surface area (Å²) in [6.07, 6.45) is 7.89. The molecule has 1 saturated carbocycles. The number of hydrogen-bond acceptors (Lipinski definition) is 3. The van der Waals surface area contributed by atoms with Crippen molar-refractivity contribution >= 4 is 28.8 Å². The summed E-state index contributed by atoms with van der Waals surface area (Å²) in [7, 11) is 0. The molecule has 0 N–H and O–H groups in total. The molecule has 4 atom stereocenters. The predicted octanol–water partition coefficient (Wildman–Crippen LogP) is 3.37. The van der Waals surface area contributed by atoms with E-state index in [-0.39, 0.29) is 35.5 Å². The molecule has 2 aromatic rings. The molecular weight excluding hydrogens is 312 g/mol. The molecule has 3 aliphatic carbocycles. The minimum atomic E-state index is -0.207. The SMILES string of the molecule is O=C1[C@H]2[C@H](C(=O)N1/N=C\c1cccc3ccccc13)[C@H]1C=C[C@H]2CC1. The molecule has 6 rings (SSSR count). The number of carbonyl (C=O) groups excluding carboxylic acids is 2. The fourth-order valence-electron chi connectivity index (χ4n) is 4.66. The van der Waals surface area contributed by atoms with Crippen LogP contribution in [0.15, 0.2) is 59.7 Å². The fourth-order valence-corrected chi connectivity index (χ4v) is 4.66. The molecule has 4 aliphatic rings. The molecule has 1 heterocycles. The Morgan fingerprint density at radius 3 is 2.20 bits per heavy atom. The standard InChI is InChI=1S/C21H18N2O2/c24-20-18-14-8-9-15(11-10-14)19(18)21(25)23(20)22-12-16-6-3-5-13-4-1-2-7-17(13)16/h1-9,12,14-15,18-19H,10-11H2/b22-12-/t14-,15-,18+,19+/m0/s1. The average molecular weight is 330 g/mol. The Kier molecular flexibility index (Phi) is 3.14. The number of fused-ring (bicyclic) bond motifs is 2. The quantitative estimate of drug-likeness (QED) is 0.481. The minimum absolute atomic E-state index is 0.134. The molecular formula is C21H18N2O2. The highest BCUT2D eigenvalue weighted by atomic mass is 16.2. The molecule has 124 valence electrons. The van der Waals surface area contributed by atoms with Gasteiger partial charge >= 0.3 is 0 Å². The topological polar surface area (TPSA) is 49.7 Å². The van der Waals surface area contributed by atoms with Crippen LogP contribution >= 0.6 is 0 Å². The van der Waals surface area contributed by atoms with E-state index in [1.807, 2.05) is 42.5 Å². The first kappa shape index (κ1) is 14.6. The van der Waals surface area contributed by atoms with Crippen LogP contribution in [0.2, 0.25) is 0 Å². The van der Waals surface area contributed by atoms with E-state index in [9.17, 15) is 9.59 Å². The number of hydrogen-bond donors (Lipinski definition) is 0. The van der Waals surface area contributed by atoms with Gasteiger partial charge in [0, 0.05) is 5.56 Å². The van der Waals surface area contributed by atoms with E-state index in [0.29, 0.717) is 0 Å².